The second-order valence-corrected chi connectivity index (χ2v) is 7.32. The van der Waals surface area contributed by atoms with Crippen molar-refractivity contribution >= 4 is 22.6 Å². The monoisotopic (exact) mass is 399 g/mol. The molecule has 0 fully saturated rings. The number of ether oxygens (including phenoxy) is 1. The minimum atomic E-state index is -0.136. The van der Waals surface area contributed by atoms with Gasteiger partial charge in [-0.05, 0) is 79.9 Å². The molecule has 5 heteroatoms. The molecule has 0 aliphatic heterocycles. The van der Waals surface area contributed by atoms with Crippen LogP contribution in [0, 0.1) is 6.92 Å². The highest BCUT2D eigenvalue weighted by molar-refractivity contribution is 6.04. The van der Waals surface area contributed by atoms with Crippen molar-refractivity contribution in [1.29, 1.82) is 0 Å². The number of aromatic amines is 1. The van der Waals surface area contributed by atoms with Crippen LogP contribution in [0.3, 0.4) is 0 Å². The number of rotatable bonds is 7. The van der Waals surface area contributed by atoms with Crippen LogP contribution in [0.4, 0.5) is 5.69 Å². The summed E-state index contributed by atoms with van der Waals surface area (Å²) in [6.45, 7) is 4.61. The topological polar surface area (TPSA) is 67.0 Å². The summed E-state index contributed by atoms with van der Waals surface area (Å²) in [6, 6.07) is 21.3. The van der Waals surface area contributed by atoms with Crippen LogP contribution in [0.1, 0.15) is 34.2 Å². The van der Waals surface area contributed by atoms with Crippen molar-refractivity contribution in [3.8, 4) is 5.75 Å². The van der Waals surface area contributed by atoms with Crippen molar-refractivity contribution in [3.63, 3.8) is 0 Å². The number of H-pyrrole nitrogens is 1. The normalized spacial score (nSPS) is 10.9. The number of nitrogens with zero attached hydrogens (tertiary/aromatic N) is 1. The van der Waals surface area contributed by atoms with E-state index in [1.54, 1.807) is 12.1 Å². The van der Waals surface area contributed by atoms with E-state index in [0.29, 0.717) is 12.2 Å². The Labute approximate surface area is 176 Å². The van der Waals surface area contributed by atoms with Crippen molar-refractivity contribution in [2.45, 2.75) is 26.7 Å². The number of hydrogen-bond donors (Lipinski definition) is 2. The Morgan fingerprint density at radius 3 is 2.67 bits per heavy atom. The molecule has 0 radical (unpaired) electrons. The van der Waals surface area contributed by atoms with Gasteiger partial charge in [0.05, 0.1) is 17.6 Å². The number of aryl methyl sites for hydroxylation is 3. The van der Waals surface area contributed by atoms with E-state index < -0.39 is 0 Å². The van der Waals surface area contributed by atoms with Gasteiger partial charge < -0.3 is 15.0 Å². The first kappa shape index (κ1) is 19.7. The van der Waals surface area contributed by atoms with E-state index in [-0.39, 0.29) is 5.91 Å². The first-order valence-electron chi connectivity index (χ1n) is 10.2. The van der Waals surface area contributed by atoms with E-state index in [9.17, 15) is 4.79 Å². The summed E-state index contributed by atoms with van der Waals surface area (Å²) in [7, 11) is 0. The molecular weight excluding hydrogens is 374 g/mol. The van der Waals surface area contributed by atoms with Gasteiger partial charge in [-0.2, -0.15) is 0 Å². The fraction of sp³-hybridized carbons (Fsp3) is 0.200. The third kappa shape index (κ3) is 4.69. The number of carbonyl (C=O) groups excluding carboxylic acids is 1. The van der Waals surface area contributed by atoms with Gasteiger partial charge in [-0.1, -0.05) is 18.2 Å². The van der Waals surface area contributed by atoms with Crippen molar-refractivity contribution < 1.29 is 9.53 Å². The largest absolute Gasteiger partial charge is 0.494 e. The molecule has 4 rings (SSSR count). The molecular formula is C25H25N3O2. The Morgan fingerprint density at radius 2 is 1.87 bits per heavy atom. The highest BCUT2D eigenvalue weighted by Gasteiger charge is 2.08. The zero-order valence-electron chi connectivity index (χ0n) is 17.2. The number of fused-ring (bicyclic) bond motifs is 1. The number of benzene rings is 3. The molecule has 1 amide bonds. The van der Waals surface area contributed by atoms with Gasteiger partial charge in [0, 0.05) is 17.7 Å². The van der Waals surface area contributed by atoms with Gasteiger partial charge in [0.2, 0.25) is 0 Å². The number of nitrogens with one attached hydrogen (secondary N) is 2. The van der Waals surface area contributed by atoms with Crippen molar-refractivity contribution in [3.05, 3.63) is 89.2 Å². The summed E-state index contributed by atoms with van der Waals surface area (Å²) in [5, 5.41) is 2.97. The third-order valence-electron chi connectivity index (χ3n) is 4.95. The molecule has 3 aromatic carbocycles. The summed E-state index contributed by atoms with van der Waals surface area (Å²) in [6.07, 6.45) is 1.65. The maximum atomic E-state index is 12.5. The summed E-state index contributed by atoms with van der Waals surface area (Å²) < 4.78 is 5.42. The molecule has 0 aliphatic rings. The average molecular weight is 399 g/mol. The van der Waals surface area contributed by atoms with E-state index in [1.165, 1.54) is 5.56 Å². The van der Waals surface area contributed by atoms with Gasteiger partial charge in [0.25, 0.3) is 5.91 Å². The lowest BCUT2D eigenvalue weighted by molar-refractivity contribution is 0.102. The van der Waals surface area contributed by atoms with Crippen LogP contribution in [0.25, 0.3) is 11.0 Å². The molecule has 0 saturated carbocycles. The Morgan fingerprint density at radius 1 is 1.03 bits per heavy atom. The number of imidazole rings is 1. The zero-order valence-corrected chi connectivity index (χ0v) is 17.2. The minimum Gasteiger partial charge on any atom is -0.494 e. The van der Waals surface area contributed by atoms with Crippen LogP contribution < -0.4 is 10.1 Å². The number of aromatic nitrogens is 2. The average Bonchev–Trinajstić information content (AvgIpc) is 3.15. The molecule has 0 unspecified atom stereocenters. The predicted molar refractivity (Wildman–Crippen MR) is 120 cm³/mol. The van der Waals surface area contributed by atoms with E-state index in [2.05, 4.69) is 40.4 Å². The lowest BCUT2D eigenvalue weighted by Crippen LogP contribution is -2.12. The Balaban J connectivity index is 1.39. The minimum absolute atomic E-state index is 0.136. The SMILES string of the molecule is CCOc1ccc(C(=O)Nc2cccc(CCc3nc4ccc(C)cc4[nH]3)c2)cc1. The Hall–Kier alpha value is -3.60. The maximum absolute atomic E-state index is 12.5. The fourth-order valence-electron chi connectivity index (χ4n) is 3.43. The summed E-state index contributed by atoms with van der Waals surface area (Å²) >= 11 is 0. The van der Waals surface area contributed by atoms with Gasteiger partial charge in [0.15, 0.2) is 0 Å². The maximum Gasteiger partial charge on any atom is 0.255 e. The first-order valence-corrected chi connectivity index (χ1v) is 10.2. The standard InChI is InChI=1S/C25H25N3O2/c1-3-30-21-11-9-19(10-12-21)25(29)26-20-6-4-5-18(16-20)8-14-24-27-22-13-7-17(2)15-23(22)28-24/h4-7,9-13,15-16H,3,8,14H2,1-2H3,(H,26,29)(H,27,28). The van der Waals surface area contributed by atoms with Gasteiger partial charge in [0.1, 0.15) is 11.6 Å². The number of hydrogen-bond acceptors (Lipinski definition) is 3. The highest BCUT2D eigenvalue weighted by atomic mass is 16.5. The molecule has 5 nitrogen and oxygen atoms in total. The van der Waals surface area contributed by atoms with Gasteiger partial charge in [-0.25, -0.2) is 4.98 Å². The number of amides is 1. The Bertz CT molecular complexity index is 1160. The van der Waals surface area contributed by atoms with Crippen LogP contribution in [-0.4, -0.2) is 22.5 Å². The predicted octanol–water partition coefficient (Wildman–Crippen LogP) is 5.31. The lowest BCUT2D eigenvalue weighted by Gasteiger charge is -2.08. The van der Waals surface area contributed by atoms with Gasteiger partial charge in [-0.15, -0.1) is 0 Å². The second kappa shape index (κ2) is 8.82. The molecule has 4 aromatic rings. The van der Waals surface area contributed by atoms with Crippen molar-refractivity contribution in [1.82, 2.24) is 9.97 Å². The van der Waals surface area contributed by atoms with Crippen molar-refractivity contribution in [2.24, 2.45) is 0 Å². The van der Waals surface area contributed by atoms with Crippen LogP contribution in [-0.2, 0) is 12.8 Å². The molecule has 2 N–H and O–H groups in total. The molecule has 1 heterocycles. The lowest BCUT2D eigenvalue weighted by atomic mass is 10.1. The summed E-state index contributed by atoms with van der Waals surface area (Å²) in [4.78, 5) is 20.6. The summed E-state index contributed by atoms with van der Waals surface area (Å²) in [5.74, 6) is 1.60. The van der Waals surface area contributed by atoms with Crippen molar-refractivity contribution in [2.75, 3.05) is 11.9 Å². The molecule has 30 heavy (non-hydrogen) atoms. The van der Waals surface area contributed by atoms with Crippen LogP contribution in [0.15, 0.2) is 66.7 Å². The number of anilines is 1. The quantitative estimate of drug-likeness (QED) is 0.443. The number of carbonyl (C=O) groups is 1. The molecule has 0 bridgehead atoms. The highest BCUT2D eigenvalue weighted by Crippen LogP contribution is 2.18. The Kier molecular flexibility index (Phi) is 5.80. The van der Waals surface area contributed by atoms with Crippen LogP contribution in [0.2, 0.25) is 0 Å². The zero-order chi connectivity index (χ0) is 20.9. The molecule has 152 valence electrons. The second-order valence-electron chi connectivity index (χ2n) is 7.32. The molecule has 0 atom stereocenters. The first-order chi connectivity index (χ1) is 14.6. The fourth-order valence-corrected chi connectivity index (χ4v) is 3.43. The molecule has 0 spiro atoms. The van der Waals surface area contributed by atoms with E-state index in [0.717, 1.165) is 46.7 Å². The molecule has 0 aliphatic carbocycles. The van der Waals surface area contributed by atoms with E-state index in [4.69, 9.17) is 4.74 Å². The third-order valence-corrected chi connectivity index (χ3v) is 4.95. The van der Waals surface area contributed by atoms with E-state index >= 15 is 0 Å². The van der Waals surface area contributed by atoms with Crippen LogP contribution >= 0.6 is 0 Å². The summed E-state index contributed by atoms with van der Waals surface area (Å²) in [5.41, 5.74) is 5.81. The smallest absolute Gasteiger partial charge is 0.255 e. The molecule has 0 saturated heterocycles. The van der Waals surface area contributed by atoms with Crippen LogP contribution in [0.5, 0.6) is 5.75 Å². The van der Waals surface area contributed by atoms with E-state index in [1.807, 2.05) is 43.3 Å². The molecule has 1 aromatic heterocycles. The van der Waals surface area contributed by atoms with Gasteiger partial charge >= 0.3 is 0 Å². The van der Waals surface area contributed by atoms with Gasteiger partial charge in [-0.3, -0.25) is 4.79 Å².